The zero-order valence-electron chi connectivity index (χ0n) is 9.60. The predicted molar refractivity (Wildman–Crippen MR) is 62.2 cm³/mol. The zero-order chi connectivity index (χ0) is 10.6. The number of rotatable bonds is 5. The molecule has 14 heavy (non-hydrogen) atoms. The van der Waals surface area contributed by atoms with Crippen LogP contribution < -0.4 is 11.1 Å². The number of hydrogen-bond acceptors (Lipinski definition) is 2. The summed E-state index contributed by atoms with van der Waals surface area (Å²) in [6, 6.07) is 0. The van der Waals surface area contributed by atoms with Gasteiger partial charge in [-0.1, -0.05) is 25.5 Å². The van der Waals surface area contributed by atoms with Crippen LogP contribution in [0.25, 0.3) is 0 Å². The van der Waals surface area contributed by atoms with Crippen molar-refractivity contribution in [2.45, 2.75) is 45.1 Å². The van der Waals surface area contributed by atoms with Crippen LogP contribution in [0, 0.1) is 5.92 Å². The molecule has 0 aromatic heterocycles. The summed E-state index contributed by atoms with van der Waals surface area (Å²) < 4.78 is 0. The van der Waals surface area contributed by atoms with Gasteiger partial charge in [0.05, 0.1) is 0 Å². The molecule has 3 N–H and O–H groups in total. The molecule has 0 aliphatic heterocycles. The fraction of sp³-hybridized carbons (Fsp3) is 0.833. The Balaban J connectivity index is 2.47. The zero-order valence-corrected chi connectivity index (χ0v) is 9.60. The third-order valence-electron chi connectivity index (χ3n) is 3.44. The lowest BCUT2D eigenvalue weighted by Crippen LogP contribution is -2.49. The Labute approximate surface area is 87.9 Å². The second-order valence-corrected chi connectivity index (χ2v) is 4.81. The first-order valence-electron chi connectivity index (χ1n) is 5.71. The van der Waals surface area contributed by atoms with Gasteiger partial charge < -0.3 is 11.1 Å². The molecule has 1 rings (SSSR count). The Morgan fingerprint density at radius 1 is 1.64 bits per heavy atom. The SMILES string of the molecule is C=C(C)CNC1(CN)CCC(CC)C1. The van der Waals surface area contributed by atoms with E-state index in [4.69, 9.17) is 5.73 Å². The van der Waals surface area contributed by atoms with Crippen molar-refractivity contribution in [3.05, 3.63) is 12.2 Å². The highest BCUT2D eigenvalue weighted by molar-refractivity contribution is 5.01. The molecule has 1 saturated carbocycles. The molecule has 0 aromatic carbocycles. The number of nitrogens with one attached hydrogen (secondary N) is 1. The van der Waals surface area contributed by atoms with Crippen molar-refractivity contribution in [2.24, 2.45) is 11.7 Å². The van der Waals surface area contributed by atoms with Crippen molar-refractivity contribution >= 4 is 0 Å². The van der Waals surface area contributed by atoms with Crippen LogP contribution in [0.1, 0.15) is 39.5 Å². The van der Waals surface area contributed by atoms with Crippen LogP contribution in [0.15, 0.2) is 12.2 Å². The second-order valence-electron chi connectivity index (χ2n) is 4.81. The van der Waals surface area contributed by atoms with Gasteiger partial charge in [0.15, 0.2) is 0 Å². The molecule has 2 nitrogen and oxygen atoms in total. The van der Waals surface area contributed by atoms with E-state index in [2.05, 4.69) is 25.7 Å². The molecule has 0 amide bonds. The van der Waals surface area contributed by atoms with Gasteiger partial charge >= 0.3 is 0 Å². The maximum atomic E-state index is 5.88. The van der Waals surface area contributed by atoms with Gasteiger partial charge in [0.25, 0.3) is 0 Å². The molecule has 0 heterocycles. The molecule has 2 atom stereocenters. The van der Waals surface area contributed by atoms with Crippen molar-refractivity contribution in [1.29, 1.82) is 0 Å². The Morgan fingerprint density at radius 3 is 2.79 bits per heavy atom. The first kappa shape index (κ1) is 11.7. The summed E-state index contributed by atoms with van der Waals surface area (Å²) in [5.41, 5.74) is 7.28. The second kappa shape index (κ2) is 4.94. The van der Waals surface area contributed by atoms with Crippen LogP contribution in [0.2, 0.25) is 0 Å². The van der Waals surface area contributed by atoms with Crippen LogP contribution in [0.5, 0.6) is 0 Å². The number of hydrogen-bond donors (Lipinski definition) is 2. The van der Waals surface area contributed by atoms with E-state index in [1.54, 1.807) is 0 Å². The minimum Gasteiger partial charge on any atom is -0.329 e. The predicted octanol–water partition coefficient (Wildman–Crippen LogP) is 2.06. The molecule has 2 unspecified atom stereocenters. The third-order valence-corrected chi connectivity index (χ3v) is 3.44. The highest BCUT2D eigenvalue weighted by Crippen LogP contribution is 2.35. The fourth-order valence-corrected chi connectivity index (χ4v) is 2.34. The minimum absolute atomic E-state index is 0.208. The lowest BCUT2D eigenvalue weighted by molar-refractivity contribution is 0.336. The Bertz CT molecular complexity index is 200. The fourth-order valence-electron chi connectivity index (χ4n) is 2.34. The van der Waals surface area contributed by atoms with Gasteiger partial charge in [-0.15, -0.1) is 0 Å². The van der Waals surface area contributed by atoms with E-state index < -0.39 is 0 Å². The first-order valence-corrected chi connectivity index (χ1v) is 5.71. The highest BCUT2D eigenvalue weighted by atomic mass is 15.0. The van der Waals surface area contributed by atoms with Gasteiger partial charge in [-0.05, 0) is 32.1 Å². The Hall–Kier alpha value is -0.340. The highest BCUT2D eigenvalue weighted by Gasteiger charge is 2.36. The average molecular weight is 196 g/mol. The monoisotopic (exact) mass is 196 g/mol. The number of nitrogens with two attached hydrogens (primary N) is 1. The Kier molecular flexibility index (Phi) is 4.14. The normalized spacial score (nSPS) is 32.1. The summed E-state index contributed by atoms with van der Waals surface area (Å²) in [5, 5.41) is 3.58. The minimum atomic E-state index is 0.208. The van der Waals surface area contributed by atoms with E-state index in [0.717, 1.165) is 19.0 Å². The van der Waals surface area contributed by atoms with Gasteiger partial charge in [0.1, 0.15) is 0 Å². The summed E-state index contributed by atoms with van der Waals surface area (Å²) in [5.74, 6) is 0.871. The van der Waals surface area contributed by atoms with Gasteiger partial charge in [0.2, 0.25) is 0 Å². The molecular weight excluding hydrogens is 172 g/mol. The van der Waals surface area contributed by atoms with E-state index in [9.17, 15) is 0 Å². The Morgan fingerprint density at radius 2 is 2.36 bits per heavy atom. The molecule has 1 aliphatic carbocycles. The summed E-state index contributed by atoms with van der Waals surface area (Å²) in [6.07, 6.45) is 5.09. The molecule has 1 aliphatic rings. The van der Waals surface area contributed by atoms with Gasteiger partial charge in [-0.25, -0.2) is 0 Å². The lowest BCUT2D eigenvalue weighted by atomic mass is 9.95. The molecule has 0 aromatic rings. The smallest absolute Gasteiger partial charge is 0.0309 e. The van der Waals surface area contributed by atoms with Gasteiger partial charge in [0, 0.05) is 18.6 Å². The molecule has 82 valence electrons. The van der Waals surface area contributed by atoms with Crippen LogP contribution in [0.4, 0.5) is 0 Å². The molecule has 0 radical (unpaired) electrons. The first-order chi connectivity index (χ1) is 6.62. The largest absolute Gasteiger partial charge is 0.329 e. The van der Waals surface area contributed by atoms with E-state index in [0.29, 0.717) is 0 Å². The quantitative estimate of drug-likeness (QED) is 0.661. The molecule has 1 fully saturated rings. The third kappa shape index (κ3) is 2.82. The maximum Gasteiger partial charge on any atom is 0.0309 e. The van der Waals surface area contributed by atoms with Crippen molar-refractivity contribution in [2.75, 3.05) is 13.1 Å². The van der Waals surface area contributed by atoms with Gasteiger partial charge in [-0.2, -0.15) is 0 Å². The molecule has 0 spiro atoms. The van der Waals surface area contributed by atoms with Crippen LogP contribution in [-0.2, 0) is 0 Å². The van der Waals surface area contributed by atoms with Crippen molar-refractivity contribution < 1.29 is 0 Å². The molecule has 0 saturated heterocycles. The molecule has 0 bridgehead atoms. The topological polar surface area (TPSA) is 38.0 Å². The standard InChI is InChI=1S/C12H24N2/c1-4-11-5-6-12(7-11,9-13)14-8-10(2)3/h11,14H,2,4-9,13H2,1,3H3. The van der Waals surface area contributed by atoms with E-state index in [-0.39, 0.29) is 5.54 Å². The molecular formula is C12H24N2. The van der Waals surface area contributed by atoms with Crippen molar-refractivity contribution in [1.82, 2.24) is 5.32 Å². The van der Waals surface area contributed by atoms with E-state index in [1.807, 2.05) is 0 Å². The van der Waals surface area contributed by atoms with Gasteiger partial charge in [-0.3, -0.25) is 0 Å². The van der Waals surface area contributed by atoms with Crippen LogP contribution in [0.3, 0.4) is 0 Å². The summed E-state index contributed by atoms with van der Waals surface area (Å²) in [7, 11) is 0. The average Bonchev–Trinajstić information content (AvgIpc) is 2.59. The maximum absolute atomic E-state index is 5.88. The van der Waals surface area contributed by atoms with Crippen molar-refractivity contribution in [3.8, 4) is 0 Å². The van der Waals surface area contributed by atoms with Crippen LogP contribution in [-0.4, -0.2) is 18.6 Å². The summed E-state index contributed by atoms with van der Waals surface area (Å²) >= 11 is 0. The summed E-state index contributed by atoms with van der Waals surface area (Å²) in [6.45, 7) is 9.92. The molecule has 2 heteroatoms. The van der Waals surface area contributed by atoms with Crippen molar-refractivity contribution in [3.63, 3.8) is 0 Å². The van der Waals surface area contributed by atoms with Crippen LogP contribution >= 0.6 is 0 Å². The van der Waals surface area contributed by atoms with E-state index >= 15 is 0 Å². The lowest BCUT2D eigenvalue weighted by Gasteiger charge is -2.29. The van der Waals surface area contributed by atoms with E-state index in [1.165, 1.54) is 31.3 Å². The summed E-state index contributed by atoms with van der Waals surface area (Å²) in [4.78, 5) is 0.